The molecule has 1 N–H and O–H groups in total. The van der Waals surface area contributed by atoms with E-state index in [1.165, 1.54) is 51.7 Å². The molecule has 1 aliphatic carbocycles. The summed E-state index contributed by atoms with van der Waals surface area (Å²) in [5.41, 5.74) is 0.465. The number of ether oxygens (including phenoxy) is 1. The maximum absolute atomic E-state index is 5.61. The highest BCUT2D eigenvalue weighted by Gasteiger charge is 2.42. The molecule has 19 heavy (non-hydrogen) atoms. The molecule has 3 nitrogen and oxygen atoms in total. The lowest BCUT2D eigenvalue weighted by Crippen LogP contribution is -2.50. The van der Waals surface area contributed by atoms with Crippen LogP contribution in [0, 0.1) is 11.3 Å². The molecule has 3 aliphatic rings. The quantitative estimate of drug-likeness (QED) is 0.826. The van der Waals surface area contributed by atoms with Gasteiger partial charge in [-0.3, -0.25) is 4.90 Å². The smallest absolute Gasteiger partial charge is 0.0472 e. The van der Waals surface area contributed by atoms with Crippen molar-refractivity contribution in [2.75, 3.05) is 32.8 Å². The average molecular weight is 266 g/mol. The van der Waals surface area contributed by atoms with E-state index in [0.29, 0.717) is 11.5 Å². The summed E-state index contributed by atoms with van der Waals surface area (Å²) >= 11 is 0. The van der Waals surface area contributed by atoms with Crippen LogP contribution in [-0.2, 0) is 4.74 Å². The van der Waals surface area contributed by atoms with Crippen LogP contribution >= 0.6 is 0 Å². The van der Waals surface area contributed by atoms with Gasteiger partial charge in [-0.25, -0.2) is 0 Å². The van der Waals surface area contributed by atoms with E-state index >= 15 is 0 Å². The summed E-state index contributed by atoms with van der Waals surface area (Å²) in [5.74, 6) is 1.01. The molecule has 110 valence electrons. The lowest BCUT2D eigenvalue weighted by atomic mass is 9.79. The number of fused-ring (bicyclic) bond motifs is 2. The molecule has 3 fully saturated rings. The normalized spacial score (nSPS) is 34.3. The van der Waals surface area contributed by atoms with Crippen molar-refractivity contribution in [1.82, 2.24) is 10.2 Å². The molecule has 2 heterocycles. The predicted octanol–water partition coefficient (Wildman–Crippen LogP) is 2.27. The number of nitrogens with zero attached hydrogens (tertiary/aromatic N) is 1. The molecule has 0 radical (unpaired) electrons. The third-order valence-corrected chi connectivity index (χ3v) is 5.50. The minimum Gasteiger partial charge on any atom is -0.381 e. The van der Waals surface area contributed by atoms with E-state index in [2.05, 4.69) is 24.1 Å². The largest absolute Gasteiger partial charge is 0.381 e. The van der Waals surface area contributed by atoms with Crippen LogP contribution in [0.5, 0.6) is 0 Å². The van der Waals surface area contributed by atoms with Crippen molar-refractivity contribution in [3.63, 3.8) is 0 Å². The Morgan fingerprint density at radius 2 is 2.05 bits per heavy atom. The van der Waals surface area contributed by atoms with Crippen molar-refractivity contribution in [2.24, 2.45) is 11.3 Å². The Kier molecular flexibility index (Phi) is 4.16. The Morgan fingerprint density at radius 3 is 2.63 bits per heavy atom. The van der Waals surface area contributed by atoms with Gasteiger partial charge in [0.2, 0.25) is 0 Å². The molecule has 0 aromatic carbocycles. The highest BCUT2D eigenvalue weighted by molar-refractivity contribution is 4.96. The molecule has 2 aliphatic heterocycles. The highest BCUT2D eigenvalue weighted by atomic mass is 16.5. The van der Waals surface area contributed by atoms with Gasteiger partial charge >= 0.3 is 0 Å². The van der Waals surface area contributed by atoms with Crippen molar-refractivity contribution in [3.8, 4) is 0 Å². The van der Waals surface area contributed by atoms with Crippen LogP contribution in [0.3, 0.4) is 0 Å². The molecule has 3 rings (SSSR count). The van der Waals surface area contributed by atoms with Crippen LogP contribution in [0.15, 0.2) is 0 Å². The number of piperidine rings is 1. The second-order valence-electron chi connectivity index (χ2n) is 7.41. The second kappa shape index (κ2) is 5.71. The zero-order valence-corrected chi connectivity index (χ0v) is 12.7. The first kappa shape index (κ1) is 13.8. The first-order chi connectivity index (χ1) is 9.17. The van der Waals surface area contributed by atoms with Crippen molar-refractivity contribution in [1.29, 1.82) is 0 Å². The van der Waals surface area contributed by atoms with Gasteiger partial charge in [-0.05, 0) is 43.4 Å². The summed E-state index contributed by atoms with van der Waals surface area (Å²) in [6.45, 7) is 10.3. The number of hydrogen-bond donors (Lipinski definition) is 1. The van der Waals surface area contributed by atoms with Crippen LogP contribution in [0.1, 0.15) is 46.0 Å². The molecule has 2 atom stereocenters. The van der Waals surface area contributed by atoms with E-state index in [1.807, 2.05) is 0 Å². The highest BCUT2D eigenvalue weighted by Crippen LogP contribution is 2.41. The maximum Gasteiger partial charge on any atom is 0.0472 e. The molecule has 2 bridgehead atoms. The summed E-state index contributed by atoms with van der Waals surface area (Å²) < 4.78 is 5.61. The van der Waals surface area contributed by atoms with Crippen LogP contribution in [-0.4, -0.2) is 49.8 Å². The fraction of sp³-hybridized carbons (Fsp3) is 1.00. The minimum absolute atomic E-state index is 0.465. The van der Waals surface area contributed by atoms with Crippen molar-refractivity contribution in [2.45, 2.75) is 58.0 Å². The van der Waals surface area contributed by atoms with E-state index < -0.39 is 0 Å². The van der Waals surface area contributed by atoms with Crippen LogP contribution in [0.2, 0.25) is 0 Å². The Labute approximate surface area is 118 Å². The van der Waals surface area contributed by atoms with Gasteiger partial charge in [0.05, 0.1) is 0 Å². The molecule has 0 aromatic rings. The molecule has 3 heteroatoms. The number of rotatable bonds is 5. The Hall–Kier alpha value is -0.120. The van der Waals surface area contributed by atoms with E-state index in [-0.39, 0.29) is 0 Å². The van der Waals surface area contributed by atoms with Gasteiger partial charge in [0.15, 0.2) is 0 Å². The van der Waals surface area contributed by atoms with Gasteiger partial charge in [0.1, 0.15) is 0 Å². The zero-order chi connectivity index (χ0) is 13.3. The Bertz CT molecular complexity index is 299. The molecular weight excluding hydrogens is 236 g/mol. The SMILES string of the molecule is CC(C)NCC1(CN2CC3CCC2C3)CCOCC1. The van der Waals surface area contributed by atoms with Crippen LogP contribution < -0.4 is 5.32 Å². The van der Waals surface area contributed by atoms with Gasteiger partial charge in [0, 0.05) is 44.9 Å². The third kappa shape index (κ3) is 3.14. The lowest BCUT2D eigenvalue weighted by molar-refractivity contribution is -0.0101. The number of nitrogens with one attached hydrogen (secondary N) is 1. The summed E-state index contributed by atoms with van der Waals surface area (Å²) in [6, 6.07) is 1.50. The second-order valence-corrected chi connectivity index (χ2v) is 7.41. The Balaban J connectivity index is 1.61. The molecule has 1 saturated carbocycles. The van der Waals surface area contributed by atoms with E-state index in [0.717, 1.165) is 25.2 Å². The molecule has 0 amide bonds. The molecule has 0 spiro atoms. The summed E-state index contributed by atoms with van der Waals surface area (Å²) in [4.78, 5) is 2.81. The average Bonchev–Trinajstić information content (AvgIpc) is 3.00. The first-order valence-corrected chi connectivity index (χ1v) is 8.22. The fourth-order valence-electron chi connectivity index (χ4n) is 4.27. The number of likely N-dealkylation sites (tertiary alicyclic amines) is 1. The molecule has 2 unspecified atom stereocenters. The van der Waals surface area contributed by atoms with Crippen LogP contribution in [0.4, 0.5) is 0 Å². The predicted molar refractivity (Wildman–Crippen MR) is 78.3 cm³/mol. The first-order valence-electron chi connectivity index (χ1n) is 8.22. The van der Waals surface area contributed by atoms with Crippen molar-refractivity contribution >= 4 is 0 Å². The number of hydrogen-bond acceptors (Lipinski definition) is 3. The van der Waals surface area contributed by atoms with Gasteiger partial charge < -0.3 is 10.1 Å². The van der Waals surface area contributed by atoms with Gasteiger partial charge in [0.25, 0.3) is 0 Å². The van der Waals surface area contributed by atoms with Crippen molar-refractivity contribution < 1.29 is 4.74 Å². The summed E-state index contributed by atoms with van der Waals surface area (Å²) in [7, 11) is 0. The zero-order valence-electron chi connectivity index (χ0n) is 12.7. The van der Waals surface area contributed by atoms with E-state index in [4.69, 9.17) is 4.74 Å². The standard InChI is InChI=1S/C16H30N2O/c1-13(2)17-11-16(5-7-19-8-6-16)12-18-10-14-3-4-15(18)9-14/h13-15,17H,3-12H2,1-2H3. The van der Waals surface area contributed by atoms with Gasteiger partial charge in [-0.15, -0.1) is 0 Å². The Morgan fingerprint density at radius 1 is 1.26 bits per heavy atom. The summed E-state index contributed by atoms with van der Waals surface area (Å²) in [5, 5.41) is 3.69. The van der Waals surface area contributed by atoms with Gasteiger partial charge in [-0.1, -0.05) is 13.8 Å². The van der Waals surface area contributed by atoms with Gasteiger partial charge in [-0.2, -0.15) is 0 Å². The monoisotopic (exact) mass is 266 g/mol. The molecular formula is C16H30N2O. The maximum atomic E-state index is 5.61. The van der Waals surface area contributed by atoms with E-state index in [9.17, 15) is 0 Å². The fourth-order valence-corrected chi connectivity index (χ4v) is 4.27. The summed E-state index contributed by atoms with van der Waals surface area (Å²) in [6.07, 6.45) is 6.89. The van der Waals surface area contributed by atoms with Crippen LogP contribution in [0.25, 0.3) is 0 Å². The van der Waals surface area contributed by atoms with E-state index in [1.54, 1.807) is 0 Å². The third-order valence-electron chi connectivity index (χ3n) is 5.50. The topological polar surface area (TPSA) is 24.5 Å². The minimum atomic E-state index is 0.465. The van der Waals surface area contributed by atoms with Crippen molar-refractivity contribution in [3.05, 3.63) is 0 Å². The lowest BCUT2D eigenvalue weighted by Gasteiger charge is -2.43. The molecule has 2 saturated heterocycles. The molecule has 0 aromatic heterocycles.